The summed E-state index contributed by atoms with van der Waals surface area (Å²) in [5.74, 6) is -0.293. The number of hydrogen-bond donors (Lipinski definition) is 12. The van der Waals surface area contributed by atoms with E-state index in [9.17, 15) is 61.0 Å². The number of ether oxygens (including phenoxy) is 6. The van der Waals surface area contributed by atoms with Crippen molar-refractivity contribution >= 4 is 5.91 Å². The highest BCUT2D eigenvalue weighted by Gasteiger charge is 2.53. The van der Waals surface area contributed by atoms with Crippen LogP contribution < -0.4 is 5.32 Å². The number of nitrogens with one attached hydrogen (secondary N) is 1. The predicted octanol–water partition coefficient (Wildman–Crippen LogP) is 11.7. The van der Waals surface area contributed by atoms with Crippen LogP contribution in [0.2, 0.25) is 0 Å². The van der Waals surface area contributed by atoms with E-state index in [0.717, 1.165) is 57.8 Å². The topological polar surface area (TPSA) is 307 Å². The Labute approximate surface area is 573 Å². The lowest BCUT2D eigenvalue weighted by atomic mass is 9.96. The fourth-order valence-corrected chi connectivity index (χ4v) is 12.9. The van der Waals surface area contributed by atoms with E-state index in [-0.39, 0.29) is 18.9 Å². The molecule has 17 unspecified atom stereocenters. The van der Waals surface area contributed by atoms with E-state index in [2.05, 4.69) is 55.6 Å². The molecule has 3 aliphatic rings. The maximum atomic E-state index is 13.4. The lowest BCUT2D eigenvalue weighted by Crippen LogP contribution is -2.66. The van der Waals surface area contributed by atoms with Crippen LogP contribution in [0.1, 0.15) is 296 Å². The molecule has 556 valence electrons. The molecule has 3 saturated heterocycles. The van der Waals surface area contributed by atoms with Gasteiger partial charge in [0.1, 0.15) is 73.2 Å². The van der Waals surface area contributed by atoms with Crippen molar-refractivity contribution < 1.29 is 89.4 Å². The first-order chi connectivity index (χ1) is 46.3. The molecular weight excluding hydrogens is 1210 g/mol. The summed E-state index contributed by atoms with van der Waals surface area (Å²) < 4.78 is 34.4. The van der Waals surface area contributed by atoms with Gasteiger partial charge in [0.2, 0.25) is 5.91 Å². The second kappa shape index (κ2) is 57.4. The first-order valence-electron chi connectivity index (χ1n) is 38.4. The number of hydrogen-bond acceptors (Lipinski definition) is 18. The molecule has 0 aromatic carbocycles. The fraction of sp³-hybridized carbons (Fsp3) is 0.882. The van der Waals surface area contributed by atoms with Gasteiger partial charge < -0.3 is 89.9 Å². The molecule has 17 atom stereocenters. The Morgan fingerprint density at radius 3 is 1.05 bits per heavy atom. The lowest BCUT2D eigenvalue weighted by molar-refractivity contribution is -0.379. The van der Waals surface area contributed by atoms with Crippen LogP contribution in [0.5, 0.6) is 0 Å². The zero-order valence-electron chi connectivity index (χ0n) is 59.2. The molecule has 19 heteroatoms. The Hall–Kier alpha value is -2.25. The Morgan fingerprint density at radius 1 is 0.368 bits per heavy atom. The summed E-state index contributed by atoms with van der Waals surface area (Å²) in [6.07, 6.45) is 44.0. The number of aliphatic hydroxyl groups is 11. The molecule has 0 aromatic heterocycles. The second-order valence-corrected chi connectivity index (χ2v) is 27.4. The highest BCUT2D eigenvalue weighted by Crippen LogP contribution is 2.33. The normalized spacial score (nSPS) is 27.4. The molecule has 95 heavy (non-hydrogen) atoms. The van der Waals surface area contributed by atoms with Crippen molar-refractivity contribution in [3.8, 4) is 0 Å². The Kier molecular flexibility index (Phi) is 52.5. The van der Waals surface area contributed by atoms with E-state index >= 15 is 0 Å². The summed E-state index contributed by atoms with van der Waals surface area (Å²) in [6, 6.07) is -1.00. The highest BCUT2D eigenvalue weighted by atomic mass is 16.8. The van der Waals surface area contributed by atoms with Crippen molar-refractivity contribution in [1.82, 2.24) is 5.32 Å². The zero-order valence-corrected chi connectivity index (χ0v) is 59.2. The monoisotopic (exact) mass is 1350 g/mol. The van der Waals surface area contributed by atoms with Crippen LogP contribution in [0.15, 0.2) is 48.6 Å². The smallest absolute Gasteiger partial charge is 0.220 e. The molecule has 0 aliphatic carbocycles. The summed E-state index contributed by atoms with van der Waals surface area (Å²) in [7, 11) is 0. The van der Waals surface area contributed by atoms with Crippen LogP contribution in [-0.4, -0.2) is 193 Å². The SMILES string of the molecule is CCCCCCCC/C=C\CCCCCCCCCC(=O)NC(COC1OC(CO)C(OC2OC(CO)C(OC3OC(CO)C(O)C(O)C3O)C(O)C2O)C(O)C1O)C(O)/C=C/CC/C=C/CC/C=C/CCCCCCCCCCCCCCCCCCCCCCCCC. The van der Waals surface area contributed by atoms with E-state index in [0.29, 0.717) is 12.8 Å². The van der Waals surface area contributed by atoms with E-state index in [1.54, 1.807) is 6.08 Å². The number of carbonyl (C=O) groups is 1. The summed E-state index contributed by atoms with van der Waals surface area (Å²) in [5.41, 5.74) is 0. The fourth-order valence-electron chi connectivity index (χ4n) is 12.9. The minimum atomic E-state index is -1.98. The summed E-state index contributed by atoms with van der Waals surface area (Å²) in [5, 5.41) is 121. The molecule has 1 amide bonds. The molecule has 19 nitrogen and oxygen atoms in total. The van der Waals surface area contributed by atoms with Crippen molar-refractivity contribution in [1.29, 1.82) is 0 Å². The van der Waals surface area contributed by atoms with Crippen LogP contribution in [0, 0.1) is 0 Å². The largest absolute Gasteiger partial charge is 0.394 e. The van der Waals surface area contributed by atoms with Crippen LogP contribution in [-0.2, 0) is 33.2 Å². The van der Waals surface area contributed by atoms with E-state index < -0.39 is 124 Å². The quantitative estimate of drug-likeness (QED) is 0.0199. The third-order valence-electron chi connectivity index (χ3n) is 19.1. The van der Waals surface area contributed by atoms with Gasteiger partial charge in [0.15, 0.2) is 18.9 Å². The molecule has 3 aliphatic heterocycles. The Morgan fingerprint density at radius 2 is 0.674 bits per heavy atom. The molecule has 0 spiro atoms. The molecule has 12 N–H and O–H groups in total. The first-order valence-corrected chi connectivity index (χ1v) is 38.4. The van der Waals surface area contributed by atoms with Gasteiger partial charge in [0.05, 0.1) is 38.6 Å². The molecule has 0 radical (unpaired) electrons. The summed E-state index contributed by atoms with van der Waals surface area (Å²) in [6.45, 7) is 1.73. The van der Waals surface area contributed by atoms with Gasteiger partial charge in [-0.25, -0.2) is 0 Å². The zero-order chi connectivity index (χ0) is 68.9. The van der Waals surface area contributed by atoms with Crippen molar-refractivity contribution in [2.75, 3.05) is 26.4 Å². The number of aliphatic hydroxyl groups excluding tert-OH is 11. The lowest BCUT2D eigenvalue weighted by Gasteiger charge is -2.48. The van der Waals surface area contributed by atoms with Gasteiger partial charge >= 0.3 is 0 Å². The van der Waals surface area contributed by atoms with Crippen LogP contribution in [0.3, 0.4) is 0 Å². The third-order valence-corrected chi connectivity index (χ3v) is 19.1. The number of rotatable bonds is 60. The van der Waals surface area contributed by atoms with E-state index in [1.165, 1.54) is 205 Å². The molecular formula is C76H139NO18. The highest BCUT2D eigenvalue weighted by molar-refractivity contribution is 5.76. The average molecular weight is 1350 g/mol. The number of allylic oxidation sites excluding steroid dienone is 7. The third kappa shape index (κ3) is 38.4. The number of amides is 1. The maximum Gasteiger partial charge on any atom is 0.220 e. The Balaban J connectivity index is 1.39. The van der Waals surface area contributed by atoms with Gasteiger partial charge in [-0.1, -0.05) is 268 Å². The maximum absolute atomic E-state index is 13.4. The minimum Gasteiger partial charge on any atom is -0.394 e. The van der Waals surface area contributed by atoms with Gasteiger partial charge in [-0.3, -0.25) is 4.79 Å². The van der Waals surface area contributed by atoms with Crippen LogP contribution in [0.4, 0.5) is 0 Å². The van der Waals surface area contributed by atoms with E-state index in [4.69, 9.17) is 28.4 Å². The van der Waals surface area contributed by atoms with Gasteiger partial charge in [-0.2, -0.15) is 0 Å². The molecule has 0 bridgehead atoms. The summed E-state index contributed by atoms with van der Waals surface area (Å²) in [4.78, 5) is 13.4. The molecule has 0 aromatic rings. The van der Waals surface area contributed by atoms with Crippen LogP contribution >= 0.6 is 0 Å². The van der Waals surface area contributed by atoms with E-state index in [1.807, 2.05) is 6.08 Å². The van der Waals surface area contributed by atoms with Gasteiger partial charge in [-0.05, 0) is 70.6 Å². The minimum absolute atomic E-state index is 0.227. The van der Waals surface area contributed by atoms with Crippen LogP contribution in [0.25, 0.3) is 0 Å². The number of unbranched alkanes of at least 4 members (excludes halogenated alkanes) is 38. The molecule has 3 rings (SSSR count). The predicted molar refractivity (Wildman–Crippen MR) is 374 cm³/mol. The van der Waals surface area contributed by atoms with Gasteiger partial charge in [-0.15, -0.1) is 0 Å². The first kappa shape index (κ1) is 87.0. The standard InChI is InChI=1S/C76H139NO18/c1-3-5-7-9-11-13-15-17-19-21-22-23-24-25-26-27-28-29-30-31-32-33-34-35-36-38-39-41-43-45-47-49-51-53-60(81)59(77-64(82)54-52-50-48-46-44-42-40-37-20-18-16-14-12-10-8-6-4-2)58-90-74-70(88)67(85)72(62(56-79)92-74)95-76-71(89)68(86)73(63(57-80)93-76)94-75-69(87)66(84)65(83)61(55-78)91-75/h18,20,36,38,43,45,51,53,59-63,65-76,78-81,83-89H,3-17,19,21-35,37,39-42,44,46-50,52,54-58H2,1-2H3,(H,77,82)/b20-18-,38-36+,45-43+,53-51+. The summed E-state index contributed by atoms with van der Waals surface area (Å²) >= 11 is 0. The number of carbonyl (C=O) groups excluding carboxylic acids is 1. The van der Waals surface area contributed by atoms with Crippen molar-refractivity contribution in [3.05, 3.63) is 48.6 Å². The van der Waals surface area contributed by atoms with Gasteiger partial charge in [0.25, 0.3) is 0 Å². The van der Waals surface area contributed by atoms with Crippen molar-refractivity contribution in [2.45, 2.75) is 401 Å². The van der Waals surface area contributed by atoms with Gasteiger partial charge in [0, 0.05) is 6.42 Å². The Bertz CT molecular complexity index is 1910. The van der Waals surface area contributed by atoms with Crippen molar-refractivity contribution in [2.24, 2.45) is 0 Å². The average Bonchev–Trinajstić information content (AvgIpc) is 0.787. The molecule has 0 saturated carbocycles. The second-order valence-electron chi connectivity index (χ2n) is 27.4. The molecule has 3 heterocycles. The van der Waals surface area contributed by atoms with Crippen molar-refractivity contribution in [3.63, 3.8) is 0 Å². The molecule has 3 fully saturated rings.